The first-order valence-electron chi connectivity index (χ1n) is 11.0. The Kier molecular flexibility index (Phi) is 5.36. The van der Waals surface area contributed by atoms with Crippen LogP contribution in [0.15, 0.2) is 53.3 Å². The van der Waals surface area contributed by atoms with E-state index in [0.717, 1.165) is 12.8 Å². The standard InChI is InChI=1S/C26H22FN3O4/c1-15-12-19(16(2)30(15)22-7-4-3-6-20(22)27)23(31)14-34-26(33)17-9-10-18-21(13-17)28-24-8-5-11-29(24)25(18)32/h3-4,6-7,9-10,12-13H,5,8,11,14H2,1-2H3. The highest BCUT2D eigenvalue weighted by atomic mass is 19.1. The number of para-hydroxylation sites is 1. The van der Waals surface area contributed by atoms with Gasteiger partial charge in [0.15, 0.2) is 6.61 Å². The summed E-state index contributed by atoms with van der Waals surface area (Å²) in [5, 5.41) is 0.443. The van der Waals surface area contributed by atoms with Gasteiger partial charge in [0, 0.05) is 29.9 Å². The monoisotopic (exact) mass is 459 g/mol. The number of ketones is 1. The number of halogens is 1. The van der Waals surface area contributed by atoms with Crippen LogP contribution in [0, 0.1) is 19.7 Å². The zero-order chi connectivity index (χ0) is 24.0. The minimum absolute atomic E-state index is 0.113. The molecule has 0 aliphatic carbocycles. The van der Waals surface area contributed by atoms with Gasteiger partial charge in [-0.2, -0.15) is 0 Å². The summed E-state index contributed by atoms with van der Waals surface area (Å²) < 4.78 is 22.9. The van der Waals surface area contributed by atoms with Gasteiger partial charge in [-0.15, -0.1) is 0 Å². The van der Waals surface area contributed by atoms with Crippen LogP contribution in [0.5, 0.6) is 0 Å². The lowest BCUT2D eigenvalue weighted by atomic mass is 10.1. The van der Waals surface area contributed by atoms with Gasteiger partial charge in [0.05, 0.1) is 22.2 Å². The van der Waals surface area contributed by atoms with Crippen LogP contribution in [0.25, 0.3) is 16.6 Å². The maximum absolute atomic E-state index is 14.3. The number of esters is 1. The Morgan fingerprint density at radius 2 is 1.91 bits per heavy atom. The lowest BCUT2D eigenvalue weighted by molar-refractivity contribution is 0.0474. The van der Waals surface area contributed by atoms with E-state index in [1.807, 2.05) is 0 Å². The van der Waals surface area contributed by atoms with Gasteiger partial charge >= 0.3 is 5.97 Å². The third-order valence-electron chi connectivity index (χ3n) is 6.21. The fourth-order valence-corrected chi connectivity index (χ4v) is 4.55. The van der Waals surface area contributed by atoms with Gasteiger partial charge in [0.2, 0.25) is 5.78 Å². The predicted molar refractivity (Wildman–Crippen MR) is 124 cm³/mol. The molecule has 0 saturated heterocycles. The second-order valence-corrected chi connectivity index (χ2v) is 8.39. The van der Waals surface area contributed by atoms with Crippen LogP contribution in [-0.4, -0.2) is 32.5 Å². The molecule has 7 nitrogen and oxygen atoms in total. The molecule has 0 unspecified atom stereocenters. The zero-order valence-corrected chi connectivity index (χ0v) is 18.8. The average molecular weight is 459 g/mol. The third-order valence-corrected chi connectivity index (χ3v) is 6.21. The molecule has 2 aromatic heterocycles. The highest BCUT2D eigenvalue weighted by Crippen LogP contribution is 2.23. The molecule has 172 valence electrons. The smallest absolute Gasteiger partial charge is 0.338 e. The SMILES string of the molecule is Cc1cc(C(=O)COC(=O)c2ccc3c(=O)n4c(nc3c2)CCC4)c(C)n1-c1ccccc1F. The van der Waals surface area contributed by atoms with E-state index in [2.05, 4.69) is 4.98 Å². The third kappa shape index (κ3) is 3.61. The number of ether oxygens (including phenoxy) is 1. The van der Waals surface area contributed by atoms with Crippen molar-refractivity contribution in [2.45, 2.75) is 33.2 Å². The molecule has 0 fully saturated rings. The van der Waals surface area contributed by atoms with Crippen LogP contribution in [-0.2, 0) is 17.7 Å². The van der Waals surface area contributed by atoms with Crippen molar-refractivity contribution in [3.05, 3.63) is 93.0 Å². The van der Waals surface area contributed by atoms with Gasteiger partial charge in [-0.3, -0.25) is 14.2 Å². The van der Waals surface area contributed by atoms with E-state index < -0.39 is 18.4 Å². The average Bonchev–Trinajstić information content (AvgIpc) is 3.41. The Morgan fingerprint density at radius 3 is 2.71 bits per heavy atom. The summed E-state index contributed by atoms with van der Waals surface area (Å²) in [6.45, 7) is 3.70. The quantitative estimate of drug-likeness (QED) is 0.334. The molecule has 34 heavy (non-hydrogen) atoms. The highest BCUT2D eigenvalue weighted by Gasteiger charge is 2.21. The Hall–Kier alpha value is -4.07. The minimum Gasteiger partial charge on any atom is -0.454 e. The van der Waals surface area contributed by atoms with Gasteiger partial charge in [-0.25, -0.2) is 14.2 Å². The maximum Gasteiger partial charge on any atom is 0.338 e. The summed E-state index contributed by atoms with van der Waals surface area (Å²) in [7, 11) is 0. The number of benzene rings is 2. The summed E-state index contributed by atoms with van der Waals surface area (Å²) in [6, 6.07) is 12.6. The van der Waals surface area contributed by atoms with Gasteiger partial charge < -0.3 is 9.30 Å². The number of aryl methyl sites for hydroxylation is 2. The predicted octanol–water partition coefficient (Wildman–Crippen LogP) is 3.93. The van der Waals surface area contributed by atoms with E-state index >= 15 is 0 Å². The van der Waals surface area contributed by atoms with Gasteiger partial charge in [0.1, 0.15) is 11.6 Å². The fourth-order valence-electron chi connectivity index (χ4n) is 4.55. The van der Waals surface area contributed by atoms with Crippen LogP contribution < -0.4 is 5.56 Å². The van der Waals surface area contributed by atoms with Crippen LogP contribution in [0.2, 0.25) is 0 Å². The molecule has 0 spiro atoms. The number of aromatic nitrogens is 3. The van der Waals surface area contributed by atoms with Gasteiger partial charge in [-0.05, 0) is 56.7 Å². The number of Topliss-reactive ketones (excluding diaryl/α,β-unsaturated/α-hetero) is 1. The first-order valence-corrected chi connectivity index (χ1v) is 11.0. The van der Waals surface area contributed by atoms with Crippen molar-refractivity contribution in [1.29, 1.82) is 0 Å². The van der Waals surface area contributed by atoms with Gasteiger partial charge in [-0.1, -0.05) is 12.1 Å². The number of hydrogen-bond donors (Lipinski definition) is 0. The van der Waals surface area contributed by atoms with E-state index in [1.165, 1.54) is 18.2 Å². The maximum atomic E-state index is 14.3. The van der Waals surface area contributed by atoms with E-state index in [9.17, 15) is 18.8 Å². The van der Waals surface area contributed by atoms with Crippen LogP contribution in [0.4, 0.5) is 4.39 Å². The second kappa shape index (κ2) is 8.37. The Bertz CT molecular complexity index is 1530. The molecule has 2 aromatic carbocycles. The first-order chi connectivity index (χ1) is 16.3. The topological polar surface area (TPSA) is 83.2 Å². The van der Waals surface area contributed by atoms with Crippen molar-refractivity contribution in [2.75, 3.05) is 6.61 Å². The molecule has 1 aliphatic rings. The van der Waals surface area contributed by atoms with Crippen LogP contribution in [0.3, 0.4) is 0 Å². The molecule has 0 amide bonds. The summed E-state index contributed by atoms with van der Waals surface area (Å²) in [5.74, 6) is -0.757. The van der Waals surface area contributed by atoms with E-state index in [1.54, 1.807) is 53.3 Å². The molecular weight excluding hydrogens is 437 g/mol. The zero-order valence-electron chi connectivity index (χ0n) is 18.8. The second-order valence-electron chi connectivity index (χ2n) is 8.39. The molecule has 0 saturated carbocycles. The van der Waals surface area contributed by atoms with Crippen molar-refractivity contribution in [3.8, 4) is 5.69 Å². The largest absolute Gasteiger partial charge is 0.454 e. The Labute approximate surface area is 194 Å². The van der Waals surface area contributed by atoms with Crippen molar-refractivity contribution in [1.82, 2.24) is 14.1 Å². The fraction of sp³-hybridized carbons (Fsp3) is 0.231. The lowest BCUT2D eigenvalue weighted by Gasteiger charge is -2.11. The van der Waals surface area contributed by atoms with Crippen molar-refractivity contribution in [2.24, 2.45) is 0 Å². The Morgan fingerprint density at radius 1 is 1.12 bits per heavy atom. The molecule has 0 radical (unpaired) electrons. The molecule has 1 aliphatic heterocycles. The van der Waals surface area contributed by atoms with Crippen molar-refractivity contribution in [3.63, 3.8) is 0 Å². The number of carbonyl (C=O) groups excluding carboxylic acids is 2. The molecule has 0 atom stereocenters. The molecule has 4 aromatic rings. The van der Waals surface area contributed by atoms with Gasteiger partial charge in [0.25, 0.3) is 5.56 Å². The Balaban J connectivity index is 1.35. The normalized spacial score (nSPS) is 12.7. The number of hydrogen-bond acceptors (Lipinski definition) is 5. The summed E-state index contributed by atoms with van der Waals surface area (Å²) in [4.78, 5) is 42.6. The van der Waals surface area contributed by atoms with Crippen LogP contribution >= 0.6 is 0 Å². The molecule has 0 N–H and O–H groups in total. The van der Waals surface area contributed by atoms with Crippen LogP contribution in [0.1, 0.15) is 44.3 Å². The lowest BCUT2D eigenvalue weighted by Crippen LogP contribution is -2.21. The minimum atomic E-state index is -0.680. The number of nitrogens with zero attached hydrogens (tertiary/aromatic N) is 3. The van der Waals surface area contributed by atoms with Crippen molar-refractivity contribution >= 4 is 22.7 Å². The molecular formula is C26H22FN3O4. The number of carbonyl (C=O) groups is 2. The van der Waals surface area contributed by atoms with E-state index in [0.29, 0.717) is 45.9 Å². The summed E-state index contributed by atoms with van der Waals surface area (Å²) in [5.41, 5.74) is 2.50. The molecule has 8 heteroatoms. The molecule has 3 heterocycles. The first kappa shape index (κ1) is 21.8. The number of fused-ring (bicyclic) bond motifs is 2. The van der Waals surface area contributed by atoms with Crippen molar-refractivity contribution < 1.29 is 18.7 Å². The number of rotatable bonds is 5. The van der Waals surface area contributed by atoms with E-state index in [4.69, 9.17) is 4.74 Å². The van der Waals surface area contributed by atoms with E-state index in [-0.39, 0.29) is 16.9 Å². The molecule has 5 rings (SSSR count). The summed E-state index contributed by atoms with van der Waals surface area (Å²) >= 11 is 0. The summed E-state index contributed by atoms with van der Waals surface area (Å²) in [6.07, 6.45) is 1.59. The molecule has 0 bridgehead atoms. The highest BCUT2D eigenvalue weighted by molar-refractivity contribution is 6.01.